The van der Waals surface area contributed by atoms with Gasteiger partial charge in [-0.3, -0.25) is 4.79 Å². The summed E-state index contributed by atoms with van der Waals surface area (Å²) in [4.78, 5) is 11.9. The molecular weight excluding hydrogens is 392 g/mol. The van der Waals surface area contributed by atoms with Crippen LogP contribution in [0.15, 0.2) is 11.6 Å². The molecule has 2 nitrogen and oxygen atoms in total. The Bertz CT molecular complexity index is 708. The first-order valence-corrected chi connectivity index (χ1v) is 14.1. The van der Waals surface area contributed by atoms with Crippen LogP contribution in [0, 0.1) is 46.3 Å². The van der Waals surface area contributed by atoms with Gasteiger partial charge in [0.2, 0.25) is 0 Å². The number of fused-ring (bicyclic) bond motifs is 5. The molecule has 0 spiro atoms. The third kappa shape index (κ3) is 4.34. The molecule has 3 fully saturated rings. The summed E-state index contributed by atoms with van der Waals surface area (Å²) in [6.45, 7) is 14.5. The molecule has 3 saturated carbocycles. The Hall–Kier alpha value is -0.790. The predicted molar refractivity (Wildman–Crippen MR) is 133 cm³/mol. The lowest BCUT2D eigenvalue weighted by molar-refractivity contribution is -0.151. The minimum absolute atomic E-state index is 0.0270. The molecule has 32 heavy (non-hydrogen) atoms. The first-order valence-electron chi connectivity index (χ1n) is 14.1. The molecule has 0 aliphatic heterocycles. The Labute approximate surface area is 198 Å². The van der Waals surface area contributed by atoms with Crippen molar-refractivity contribution in [2.24, 2.45) is 46.3 Å². The molecule has 0 aromatic carbocycles. The maximum atomic E-state index is 11.9. The average Bonchev–Trinajstić information content (AvgIpc) is 3.11. The van der Waals surface area contributed by atoms with Gasteiger partial charge in [-0.05, 0) is 91.3 Å². The van der Waals surface area contributed by atoms with Gasteiger partial charge in [-0.2, -0.15) is 0 Å². The maximum Gasteiger partial charge on any atom is 0.305 e. The van der Waals surface area contributed by atoms with E-state index in [1.807, 2.05) is 6.92 Å². The zero-order chi connectivity index (χ0) is 23.1. The standard InChI is InChI=1S/C30H50O2/c1-7-28(31)32-23-15-17-29(5)22(19-23)11-12-24-26-14-13-25(21(4)10-8-9-20(2)3)30(26,6)18-16-27(24)29/h11,20-21,23-27H,7-10,12-19H2,1-6H3/t21-,23-,24-,25+,26+,27+,29+,30-/m0/s1. The van der Waals surface area contributed by atoms with E-state index in [1.165, 1.54) is 57.8 Å². The van der Waals surface area contributed by atoms with Gasteiger partial charge in [0.15, 0.2) is 0 Å². The van der Waals surface area contributed by atoms with Gasteiger partial charge in [0.1, 0.15) is 6.10 Å². The number of allylic oxidation sites excluding steroid dienone is 1. The van der Waals surface area contributed by atoms with E-state index in [2.05, 4.69) is 40.7 Å². The summed E-state index contributed by atoms with van der Waals surface area (Å²) in [5, 5.41) is 0. The van der Waals surface area contributed by atoms with Gasteiger partial charge < -0.3 is 4.74 Å². The summed E-state index contributed by atoms with van der Waals surface area (Å²) in [7, 11) is 0. The molecular formula is C30H50O2. The summed E-state index contributed by atoms with van der Waals surface area (Å²) in [5.74, 6) is 5.28. The van der Waals surface area contributed by atoms with E-state index in [4.69, 9.17) is 4.74 Å². The summed E-state index contributed by atoms with van der Waals surface area (Å²) in [6, 6.07) is 0. The minimum atomic E-state index is -0.0270. The molecule has 0 saturated heterocycles. The van der Waals surface area contributed by atoms with Gasteiger partial charge in [0, 0.05) is 12.8 Å². The third-order valence-corrected chi connectivity index (χ3v) is 10.8. The van der Waals surface area contributed by atoms with Crippen LogP contribution in [0.5, 0.6) is 0 Å². The lowest BCUT2D eigenvalue weighted by Crippen LogP contribution is -2.51. The average molecular weight is 443 g/mol. The molecule has 0 heterocycles. The first kappa shape index (κ1) is 24.3. The summed E-state index contributed by atoms with van der Waals surface area (Å²) < 4.78 is 5.76. The van der Waals surface area contributed by atoms with Crippen LogP contribution in [-0.2, 0) is 9.53 Å². The van der Waals surface area contributed by atoms with Crippen molar-refractivity contribution in [1.29, 1.82) is 0 Å². The second kappa shape index (κ2) is 9.46. The van der Waals surface area contributed by atoms with Crippen LogP contribution >= 0.6 is 0 Å². The molecule has 4 aliphatic rings. The molecule has 182 valence electrons. The van der Waals surface area contributed by atoms with Crippen LogP contribution in [0.4, 0.5) is 0 Å². The second-order valence-corrected chi connectivity index (χ2v) is 13.0. The Morgan fingerprint density at radius 2 is 1.84 bits per heavy atom. The van der Waals surface area contributed by atoms with E-state index in [9.17, 15) is 4.79 Å². The Morgan fingerprint density at radius 1 is 1.06 bits per heavy atom. The highest BCUT2D eigenvalue weighted by Crippen LogP contribution is 2.67. The van der Waals surface area contributed by atoms with Gasteiger partial charge in [-0.1, -0.05) is 72.5 Å². The number of rotatable bonds is 7. The van der Waals surface area contributed by atoms with Crippen molar-refractivity contribution >= 4 is 5.97 Å². The van der Waals surface area contributed by atoms with E-state index in [-0.39, 0.29) is 12.1 Å². The van der Waals surface area contributed by atoms with Crippen LogP contribution in [0.1, 0.15) is 119 Å². The van der Waals surface area contributed by atoms with Crippen molar-refractivity contribution in [2.75, 3.05) is 0 Å². The smallest absolute Gasteiger partial charge is 0.305 e. The minimum Gasteiger partial charge on any atom is -0.462 e. The Morgan fingerprint density at radius 3 is 2.56 bits per heavy atom. The van der Waals surface area contributed by atoms with E-state index in [1.54, 1.807) is 5.57 Å². The maximum absolute atomic E-state index is 11.9. The zero-order valence-electron chi connectivity index (χ0n) is 21.9. The molecule has 4 rings (SSSR count). The van der Waals surface area contributed by atoms with Crippen LogP contribution in [0.25, 0.3) is 0 Å². The highest BCUT2D eigenvalue weighted by atomic mass is 16.5. The van der Waals surface area contributed by atoms with Crippen molar-refractivity contribution in [1.82, 2.24) is 0 Å². The predicted octanol–water partition coefficient (Wildman–Crippen LogP) is 8.35. The zero-order valence-corrected chi connectivity index (χ0v) is 21.9. The fourth-order valence-electron chi connectivity index (χ4n) is 9.02. The fraction of sp³-hybridized carbons (Fsp3) is 0.900. The van der Waals surface area contributed by atoms with E-state index >= 15 is 0 Å². The van der Waals surface area contributed by atoms with Crippen LogP contribution in [0.3, 0.4) is 0 Å². The van der Waals surface area contributed by atoms with E-state index in [0.29, 0.717) is 17.3 Å². The van der Waals surface area contributed by atoms with E-state index in [0.717, 1.165) is 48.3 Å². The molecule has 4 aliphatic carbocycles. The first-order chi connectivity index (χ1) is 15.2. The molecule has 0 aromatic heterocycles. The normalized spacial score (nSPS) is 42.0. The van der Waals surface area contributed by atoms with Gasteiger partial charge in [-0.15, -0.1) is 0 Å². The second-order valence-electron chi connectivity index (χ2n) is 13.0. The Balaban J connectivity index is 1.45. The molecule has 2 heteroatoms. The number of carbonyl (C=O) groups excluding carboxylic acids is 1. The molecule has 0 aromatic rings. The van der Waals surface area contributed by atoms with Crippen molar-refractivity contribution in [2.45, 2.75) is 125 Å². The topological polar surface area (TPSA) is 26.3 Å². The molecule has 0 bridgehead atoms. The lowest BCUT2D eigenvalue weighted by Gasteiger charge is -2.58. The number of ether oxygens (including phenoxy) is 1. The monoisotopic (exact) mass is 442 g/mol. The van der Waals surface area contributed by atoms with Crippen LogP contribution < -0.4 is 0 Å². The third-order valence-electron chi connectivity index (χ3n) is 10.8. The van der Waals surface area contributed by atoms with Crippen LogP contribution in [0.2, 0.25) is 0 Å². The molecule has 0 radical (unpaired) electrons. The molecule has 0 unspecified atom stereocenters. The number of carbonyl (C=O) groups is 1. The highest BCUT2D eigenvalue weighted by molar-refractivity contribution is 5.69. The quantitative estimate of drug-likeness (QED) is 0.292. The van der Waals surface area contributed by atoms with Gasteiger partial charge >= 0.3 is 5.97 Å². The van der Waals surface area contributed by atoms with Crippen LogP contribution in [-0.4, -0.2) is 12.1 Å². The Kier molecular flexibility index (Phi) is 7.19. The number of esters is 1. The summed E-state index contributed by atoms with van der Waals surface area (Å²) in [6.07, 6.45) is 17.8. The number of hydrogen-bond donors (Lipinski definition) is 0. The van der Waals surface area contributed by atoms with Crippen molar-refractivity contribution in [3.05, 3.63) is 11.6 Å². The van der Waals surface area contributed by atoms with E-state index < -0.39 is 0 Å². The molecule has 0 N–H and O–H groups in total. The summed E-state index contributed by atoms with van der Waals surface area (Å²) >= 11 is 0. The number of hydrogen-bond acceptors (Lipinski definition) is 2. The summed E-state index contributed by atoms with van der Waals surface area (Å²) in [5.41, 5.74) is 2.54. The fourth-order valence-corrected chi connectivity index (χ4v) is 9.02. The van der Waals surface area contributed by atoms with Crippen molar-refractivity contribution < 1.29 is 9.53 Å². The lowest BCUT2D eigenvalue weighted by atomic mass is 9.47. The van der Waals surface area contributed by atoms with Gasteiger partial charge in [-0.25, -0.2) is 0 Å². The molecule has 0 amide bonds. The largest absolute Gasteiger partial charge is 0.462 e. The van der Waals surface area contributed by atoms with Crippen molar-refractivity contribution in [3.8, 4) is 0 Å². The molecule has 8 atom stereocenters. The highest BCUT2D eigenvalue weighted by Gasteiger charge is 2.59. The van der Waals surface area contributed by atoms with Gasteiger partial charge in [0.05, 0.1) is 0 Å². The van der Waals surface area contributed by atoms with Gasteiger partial charge in [0.25, 0.3) is 0 Å². The SMILES string of the molecule is CCC(=O)O[C@H]1CC[C@]2(C)C(=CC[C@H]3[C@H]4CC[C@H]([C@@H](C)CCCC(C)C)[C@]4(C)CC[C@H]32)C1. The van der Waals surface area contributed by atoms with Crippen molar-refractivity contribution in [3.63, 3.8) is 0 Å².